The molecule has 0 aromatic heterocycles. The van der Waals surface area contributed by atoms with Crippen LogP contribution in [-0.2, 0) is 4.74 Å². The molecule has 5 atom stereocenters. The van der Waals surface area contributed by atoms with Crippen LogP contribution in [-0.4, -0.2) is 23.8 Å². The summed E-state index contributed by atoms with van der Waals surface area (Å²) in [5, 5.41) is 4.18. The Hall–Kier alpha value is -0.210. The maximum Gasteiger partial charge on any atom is 0.0894 e. The van der Waals surface area contributed by atoms with Crippen LogP contribution in [0.3, 0.4) is 0 Å². The van der Waals surface area contributed by atoms with Crippen LogP contribution in [0.15, 0.2) is 0 Å². The Morgan fingerprint density at radius 1 is 0.833 bits per heavy atom. The molecule has 0 spiro atoms. The van der Waals surface area contributed by atoms with Crippen molar-refractivity contribution >= 4 is 0 Å². The lowest BCUT2D eigenvalue weighted by atomic mass is 9.76. The van der Waals surface area contributed by atoms with Crippen LogP contribution in [0.5, 0.6) is 0 Å². The van der Waals surface area contributed by atoms with Crippen LogP contribution in [0.25, 0.3) is 0 Å². The molecule has 3 aliphatic heterocycles. The van der Waals surface area contributed by atoms with Crippen molar-refractivity contribution < 1.29 is 4.74 Å². The number of hydrogen-bond acceptors (Lipinski definition) is 2. The Kier molecular flexibility index (Phi) is 8.64. The van der Waals surface area contributed by atoms with Gasteiger partial charge in [-0.1, -0.05) is 45.4 Å². The molecule has 0 aromatic carbocycles. The van der Waals surface area contributed by atoms with Crippen molar-refractivity contribution in [3.63, 3.8) is 0 Å². The van der Waals surface area contributed by atoms with E-state index in [1.807, 2.05) is 0 Å². The first kappa shape index (κ1) is 24.4. The fourth-order valence-corrected chi connectivity index (χ4v) is 6.83. The molecule has 0 saturated carbocycles. The predicted molar refractivity (Wildman–Crippen MR) is 130 cm³/mol. The van der Waals surface area contributed by atoms with Gasteiger partial charge in [-0.3, -0.25) is 0 Å². The summed E-state index contributed by atoms with van der Waals surface area (Å²) in [6.45, 7) is 13.2. The standard InChI is InChI=1S/C28H52NO/c1-23(2)13-12-17-26(3)16-9-7-6-8-14-25(29-22-26)24-15-20-27(4)18-10-11-19-28(5,21-24)30-27/h24-25,29H,6-22H2,1-5H3/q+1. The van der Waals surface area contributed by atoms with Gasteiger partial charge in [-0.05, 0) is 83.0 Å². The first-order chi connectivity index (χ1) is 14.2. The zero-order valence-corrected chi connectivity index (χ0v) is 21.1. The van der Waals surface area contributed by atoms with Crippen LogP contribution in [0.1, 0.15) is 137 Å². The summed E-state index contributed by atoms with van der Waals surface area (Å²) < 4.78 is 6.86. The predicted octanol–water partition coefficient (Wildman–Crippen LogP) is 8.00. The summed E-state index contributed by atoms with van der Waals surface area (Å²) >= 11 is 0. The van der Waals surface area contributed by atoms with Gasteiger partial charge in [0.2, 0.25) is 0 Å². The topological polar surface area (TPSA) is 21.3 Å². The van der Waals surface area contributed by atoms with Crippen LogP contribution in [0.4, 0.5) is 0 Å². The molecule has 5 unspecified atom stereocenters. The largest absolute Gasteiger partial charge is 0.369 e. The van der Waals surface area contributed by atoms with E-state index >= 15 is 0 Å². The second-order valence-electron chi connectivity index (χ2n) is 12.5. The van der Waals surface area contributed by atoms with E-state index in [2.05, 4.69) is 39.9 Å². The van der Waals surface area contributed by atoms with Gasteiger partial charge in [0.15, 0.2) is 0 Å². The van der Waals surface area contributed by atoms with Crippen molar-refractivity contribution in [3.8, 4) is 0 Å². The summed E-state index contributed by atoms with van der Waals surface area (Å²) in [5.41, 5.74) is 0.690. The van der Waals surface area contributed by atoms with Crippen molar-refractivity contribution in [2.75, 3.05) is 6.54 Å². The molecular weight excluding hydrogens is 366 g/mol. The maximum atomic E-state index is 6.86. The minimum Gasteiger partial charge on any atom is -0.369 e. The third kappa shape index (κ3) is 7.16. The fourth-order valence-electron chi connectivity index (χ4n) is 6.83. The van der Waals surface area contributed by atoms with Gasteiger partial charge in [0.1, 0.15) is 0 Å². The molecule has 2 bridgehead atoms. The number of rotatable bonds is 5. The molecule has 3 rings (SSSR count). The van der Waals surface area contributed by atoms with Gasteiger partial charge in [-0.15, -0.1) is 0 Å². The second kappa shape index (κ2) is 10.6. The number of hydrogen-bond donors (Lipinski definition) is 1. The van der Waals surface area contributed by atoms with E-state index in [9.17, 15) is 0 Å². The van der Waals surface area contributed by atoms with Gasteiger partial charge >= 0.3 is 0 Å². The second-order valence-corrected chi connectivity index (χ2v) is 12.5. The molecule has 174 valence electrons. The normalized spacial score (nSPS) is 41.5. The molecule has 0 aliphatic carbocycles. The first-order valence-corrected chi connectivity index (χ1v) is 13.4. The fraction of sp³-hybridized carbons (Fsp3) is 0.964. The van der Waals surface area contributed by atoms with Crippen LogP contribution in [0.2, 0.25) is 0 Å². The SMILES string of the molecule is C[C+](C)CCCC1(C)CCCCCCC(C2CCC3(C)CCCCC(C)(C2)O3)NC1. The smallest absolute Gasteiger partial charge is 0.0894 e. The molecule has 3 aliphatic rings. The molecule has 0 radical (unpaired) electrons. The van der Waals surface area contributed by atoms with Crippen molar-refractivity contribution in [3.05, 3.63) is 5.92 Å². The zero-order chi connectivity index (χ0) is 21.7. The number of ether oxygens (including phenoxy) is 1. The molecule has 1 N–H and O–H groups in total. The molecule has 0 amide bonds. The summed E-state index contributed by atoms with van der Waals surface area (Å²) in [6.07, 6.45) is 21.6. The van der Waals surface area contributed by atoms with Crippen molar-refractivity contribution in [2.24, 2.45) is 11.3 Å². The van der Waals surface area contributed by atoms with E-state index in [0.717, 1.165) is 5.92 Å². The molecule has 3 saturated heterocycles. The Labute approximate surface area is 188 Å². The Morgan fingerprint density at radius 2 is 1.53 bits per heavy atom. The van der Waals surface area contributed by atoms with Crippen LogP contribution in [0, 0.1) is 17.3 Å². The first-order valence-electron chi connectivity index (χ1n) is 13.4. The van der Waals surface area contributed by atoms with Gasteiger partial charge in [-0.2, -0.15) is 0 Å². The lowest BCUT2D eigenvalue weighted by Crippen LogP contribution is -2.45. The van der Waals surface area contributed by atoms with E-state index < -0.39 is 0 Å². The highest BCUT2D eigenvalue weighted by atomic mass is 16.5. The average molecular weight is 419 g/mol. The van der Waals surface area contributed by atoms with E-state index in [1.165, 1.54) is 109 Å². The highest BCUT2D eigenvalue weighted by molar-refractivity contribution is 4.96. The molecule has 2 nitrogen and oxygen atoms in total. The minimum atomic E-state index is 0.0984. The van der Waals surface area contributed by atoms with E-state index in [-0.39, 0.29) is 11.2 Å². The zero-order valence-electron chi connectivity index (χ0n) is 21.1. The van der Waals surface area contributed by atoms with Crippen molar-refractivity contribution in [1.82, 2.24) is 5.32 Å². The van der Waals surface area contributed by atoms with E-state index in [4.69, 9.17) is 4.74 Å². The average Bonchev–Trinajstić information content (AvgIpc) is 2.91. The van der Waals surface area contributed by atoms with Crippen LogP contribution >= 0.6 is 0 Å². The molecule has 0 aromatic rings. The van der Waals surface area contributed by atoms with E-state index in [0.29, 0.717) is 11.5 Å². The molecular formula is C28H52NO+. The third-order valence-corrected chi connectivity index (χ3v) is 8.75. The van der Waals surface area contributed by atoms with Gasteiger partial charge in [-0.25, -0.2) is 0 Å². The van der Waals surface area contributed by atoms with Gasteiger partial charge < -0.3 is 10.1 Å². The summed E-state index contributed by atoms with van der Waals surface area (Å²) in [5.74, 6) is 2.37. The Morgan fingerprint density at radius 3 is 2.30 bits per heavy atom. The van der Waals surface area contributed by atoms with Gasteiger partial charge in [0.25, 0.3) is 0 Å². The monoisotopic (exact) mass is 418 g/mol. The maximum absolute atomic E-state index is 6.86. The molecule has 30 heavy (non-hydrogen) atoms. The Balaban J connectivity index is 1.67. The van der Waals surface area contributed by atoms with Gasteiger partial charge in [0, 0.05) is 12.6 Å². The van der Waals surface area contributed by atoms with Crippen LogP contribution < -0.4 is 5.32 Å². The number of fused-ring (bicyclic) bond motifs is 2. The highest BCUT2D eigenvalue weighted by Crippen LogP contribution is 2.45. The summed E-state index contributed by atoms with van der Waals surface area (Å²) in [6, 6.07) is 0.687. The number of nitrogens with one attached hydrogen (secondary N) is 1. The quantitative estimate of drug-likeness (QED) is 0.457. The molecule has 3 heterocycles. The van der Waals surface area contributed by atoms with Gasteiger partial charge in [0.05, 0.1) is 37.4 Å². The highest BCUT2D eigenvalue weighted by Gasteiger charge is 2.44. The van der Waals surface area contributed by atoms with Crippen molar-refractivity contribution in [2.45, 2.75) is 155 Å². The minimum absolute atomic E-state index is 0.0984. The lowest BCUT2D eigenvalue weighted by Gasteiger charge is -2.39. The third-order valence-electron chi connectivity index (χ3n) is 8.75. The Bertz CT molecular complexity index is 519. The van der Waals surface area contributed by atoms with E-state index in [1.54, 1.807) is 5.92 Å². The summed E-state index contributed by atoms with van der Waals surface area (Å²) in [4.78, 5) is 0. The molecule has 3 fully saturated rings. The van der Waals surface area contributed by atoms with Crippen molar-refractivity contribution in [1.29, 1.82) is 0 Å². The lowest BCUT2D eigenvalue weighted by molar-refractivity contribution is -0.135. The molecule has 2 heteroatoms. The summed E-state index contributed by atoms with van der Waals surface area (Å²) in [7, 11) is 0.